The third-order valence-corrected chi connectivity index (χ3v) is 3.20. The van der Waals surface area contributed by atoms with Crippen molar-refractivity contribution in [3.05, 3.63) is 35.4 Å². The molecule has 0 radical (unpaired) electrons. The maximum absolute atomic E-state index is 13.6. The fourth-order valence-corrected chi connectivity index (χ4v) is 2.26. The van der Waals surface area contributed by atoms with Gasteiger partial charge in [0.1, 0.15) is 0 Å². The Labute approximate surface area is 88.5 Å². The smallest absolute Gasteiger partial charge is 0.162 e. The van der Waals surface area contributed by atoms with Crippen molar-refractivity contribution < 1.29 is 8.78 Å². The Morgan fingerprint density at radius 3 is 2.80 bits per heavy atom. The predicted molar refractivity (Wildman–Crippen MR) is 55.8 cm³/mol. The molecule has 0 amide bonds. The standard InChI is InChI=1S/C12H15F2N/c1-12(6-3-7-15-8-12)9-4-2-5-10(13)11(9)14/h2,4-5,15H,3,6-8H2,1H3. The molecule has 1 aliphatic heterocycles. The van der Waals surface area contributed by atoms with Crippen LogP contribution in [0.15, 0.2) is 18.2 Å². The Bertz CT molecular complexity index is 357. The highest BCUT2D eigenvalue weighted by molar-refractivity contribution is 5.28. The van der Waals surface area contributed by atoms with Crippen LogP contribution < -0.4 is 5.32 Å². The van der Waals surface area contributed by atoms with Crippen LogP contribution in [0.1, 0.15) is 25.3 Å². The SMILES string of the molecule is CC1(c2cccc(F)c2F)CCCNC1. The van der Waals surface area contributed by atoms with Gasteiger partial charge in [-0.15, -0.1) is 0 Å². The molecule has 0 aliphatic carbocycles. The lowest BCUT2D eigenvalue weighted by Crippen LogP contribution is -2.41. The molecule has 1 aromatic carbocycles. The molecule has 1 heterocycles. The van der Waals surface area contributed by atoms with Crippen LogP contribution in [-0.2, 0) is 5.41 Å². The molecule has 0 saturated carbocycles. The zero-order valence-electron chi connectivity index (χ0n) is 8.82. The summed E-state index contributed by atoms with van der Waals surface area (Å²) in [5.74, 6) is -1.44. The topological polar surface area (TPSA) is 12.0 Å². The molecule has 1 N–H and O–H groups in total. The number of hydrogen-bond donors (Lipinski definition) is 1. The number of halogens is 2. The molecule has 1 fully saturated rings. The Balaban J connectivity index is 2.39. The number of piperidine rings is 1. The Kier molecular flexibility index (Phi) is 2.74. The van der Waals surface area contributed by atoms with E-state index in [-0.39, 0.29) is 5.41 Å². The summed E-state index contributed by atoms with van der Waals surface area (Å²) in [6.45, 7) is 3.66. The van der Waals surface area contributed by atoms with Crippen molar-refractivity contribution in [2.75, 3.05) is 13.1 Å². The maximum atomic E-state index is 13.6. The quantitative estimate of drug-likeness (QED) is 0.753. The molecule has 0 aromatic heterocycles. The summed E-state index contributed by atoms with van der Waals surface area (Å²) in [6.07, 6.45) is 1.91. The molecule has 15 heavy (non-hydrogen) atoms. The van der Waals surface area contributed by atoms with Crippen molar-refractivity contribution in [3.8, 4) is 0 Å². The van der Waals surface area contributed by atoms with E-state index < -0.39 is 11.6 Å². The molecule has 2 rings (SSSR count). The van der Waals surface area contributed by atoms with E-state index in [9.17, 15) is 8.78 Å². The molecule has 1 saturated heterocycles. The van der Waals surface area contributed by atoms with E-state index >= 15 is 0 Å². The van der Waals surface area contributed by atoms with Crippen molar-refractivity contribution in [2.45, 2.75) is 25.2 Å². The number of rotatable bonds is 1. The Morgan fingerprint density at radius 2 is 2.13 bits per heavy atom. The summed E-state index contributed by atoms with van der Waals surface area (Å²) >= 11 is 0. The van der Waals surface area contributed by atoms with E-state index in [1.807, 2.05) is 6.92 Å². The molecular formula is C12H15F2N. The highest BCUT2D eigenvalue weighted by atomic mass is 19.2. The molecule has 82 valence electrons. The summed E-state index contributed by atoms with van der Waals surface area (Å²) in [4.78, 5) is 0. The number of nitrogens with one attached hydrogen (secondary N) is 1. The fraction of sp³-hybridized carbons (Fsp3) is 0.500. The molecule has 1 nitrogen and oxygen atoms in total. The highest BCUT2D eigenvalue weighted by Crippen LogP contribution is 2.32. The first-order valence-corrected chi connectivity index (χ1v) is 5.29. The molecule has 1 aromatic rings. The first-order valence-electron chi connectivity index (χ1n) is 5.29. The van der Waals surface area contributed by atoms with Gasteiger partial charge in [-0.05, 0) is 31.0 Å². The average molecular weight is 211 g/mol. The summed E-state index contributed by atoms with van der Waals surface area (Å²) in [5.41, 5.74) is 0.222. The monoisotopic (exact) mass is 211 g/mol. The van der Waals surface area contributed by atoms with Crippen molar-refractivity contribution in [3.63, 3.8) is 0 Å². The second-order valence-corrected chi connectivity index (χ2v) is 4.44. The predicted octanol–water partition coefficient (Wildman–Crippen LogP) is 2.61. The van der Waals surface area contributed by atoms with Crippen LogP contribution in [0.4, 0.5) is 8.78 Å². The second-order valence-electron chi connectivity index (χ2n) is 4.44. The van der Waals surface area contributed by atoms with Crippen LogP contribution >= 0.6 is 0 Å². The molecule has 1 unspecified atom stereocenters. The van der Waals surface area contributed by atoms with Crippen LogP contribution in [0.5, 0.6) is 0 Å². The van der Waals surface area contributed by atoms with Crippen LogP contribution in [-0.4, -0.2) is 13.1 Å². The third kappa shape index (κ3) is 1.88. The second kappa shape index (κ2) is 3.89. The van der Waals surface area contributed by atoms with Gasteiger partial charge in [-0.2, -0.15) is 0 Å². The lowest BCUT2D eigenvalue weighted by molar-refractivity contribution is 0.324. The molecule has 3 heteroatoms. The van der Waals surface area contributed by atoms with Crippen LogP contribution in [0.3, 0.4) is 0 Å². The van der Waals surface area contributed by atoms with Gasteiger partial charge in [0, 0.05) is 12.0 Å². The minimum absolute atomic E-state index is 0.273. The van der Waals surface area contributed by atoms with Gasteiger partial charge in [-0.3, -0.25) is 0 Å². The van der Waals surface area contributed by atoms with E-state index in [1.54, 1.807) is 12.1 Å². The van der Waals surface area contributed by atoms with E-state index in [0.717, 1.165) is 19.4 Å². The Morgan fingerprint density at radius 1 is 1.33 bits per heavy atom. The van der Waals surface area contributed by atoms with Crippen LogP contribution in [0.2, 0.25) is 0 Å². The minimum atomic E-state index is -0.751. The van der Waals surface area contributed by atoms with Gasteiger partial charge in [0.05, 0.1) is 0 Å². The van der Waals surface area contributed by atoms with Crippen molar-refractivity contribution >= 4 is 0 Å². The molecule has 0 bridgehead atoms. The lowest BCUT2D eigenvalue weighted by Gasteiger charge is -2.34. The Hall–Kier alpha value is -0.960. The summed E-state index contributed by atoms with van der Waals surface area (Å²) < 4.78 is 26.7. The van der Waals surface area contributed by atoms with E-state index in [2.05, 4.69) is 5.32 Å². The molecule has 1 atom stereocenters. The van der Waals surface area contributed by atoms with Gasteiger partial charge >= 0.3 is 0 Å². The first-order chi connectivity index (χ1) is 7.13. The van der Waals surface area contributed by atoms with Crippen molar-refractivity contribution in [1.82, 2.24) is 5.32 Å². The average Bonchev–Trinajstić information content (AvgIpc) is 2.23. The normalized spacial score (nSPS) is 26.6. The summed E-state index contributed by atoms with van der Waals surface area (Å²) in [7, 11) is 0. The van der Waals surface area contributed by atoms with E-state index in [0.29, 0.717) is 12.1 Å². The van der Waals surface area contributed by atoms with Crippen LogP contribution in [0, 0.1) is 11.6 Å². The molecule has 0 spiro atoms. The van der Waals surface area contributed by atoms with Crippen molar-refractivity contribution in [2.24, 2.45) is 0 Å². The van der Waals surface area contributed by atoms with Crippen LogP contribution in [0.25, 0.3) is 0 Å². The van der Waals surface area contributed by atoms with Gasteiger partial charge in [0.2, 0.25) is 0 Å². The maximum Gasteiger partial charge on any atom is 0.162 e. The minimum Gasteiger partial charge on any atom is -0.316 e. The number of hydrogen-bond acceptors (Lipinski definition) is 1. The fourth-order valence-electron chi connectivity index (χ4n) is 2.26. The zero-order chi connectivity index (χ0) is 10.9. The summed E-state index contributed by atoms with van der Waals surface area (Å²) in [6, 6.07) is 4.43. The van der Waals surface area contributed by atoms with Gasteiger partial charge < -0.3 is 5.32 Å². The first kappa shape index (κ1) is 10.6. The van der Waals surface area contributed by atoms with Gasteiger partial charge in [0.25, 0.3) is 0 Å². The third-order valence-electron chi connectivity index (χ3n) is 3.20. The van der Waals surface area contributed by atoms with E-state index in [1.165, 1.54) is 6.07 Å². The van der Waals surface area contributed by atoms with E-state index in [4.69, 9.17) is 0 Å². The molecular weight excluding hydrogens is 196 g/mol. The largest absolute Gasteiger partial charge is 0.316 e. The number of benzene rings is 1. The lowest BCUT2D eigenvalue weighted by atomic mass is 9.76. The summed E-state index contributed by atoms with van der Waals surface area (Å²) in [5, 5.41) is 3.23. The zero-order valence-corrected chi connectivity index (χ0v) is 8.82. The van der Waals surface area contributed by atoms with Crippen molar-refractivity contribution in [1.29, 1.82) is 0 Å². The van der Waals surface area contributed by atoms with Gasteiger partial charge in [0.15, 0.2) is 11.6 Å². The van der Waals surface area contributed by atoms with Gasteiger partial charge in [-0.1, -0.05) is 19.1 Å². The van der Waals surface area contributed by atoms with Gasteiger partial charge in [-0.25, -0.2) is 8.78 Å². The highest BCUT2D eigenvalue weighted by Gasteiger charge is 2.31. The molecule has 1 aliphatic rings.